The zero-order valence-electron chi connectivity index (χ0n) is 12.0. The van der Waals surface area contributed by atoms with E-state index in [0.717, 1.165) is 0 Å². The van der Waals surface area contributed by atoms with E-state index >= 15 is 0 Å². The Balaban J connectivity index is 2.89. The monoisotopic (exact) mass is 304 g/mol. The summed E-state index contributed by atoms with van der Waals surface area (Å²) in [4.78, 5) is 11.3. The van der Waals surface area contributed by atoms with E-state index in [9.17, 15) is 18.7 Å². The van der Waals surface area contributed by atoms with Gasteiger partial charge in [-0.15, -0.1) is 0 Å². The molecule has 1 aromatic carbocycles. The van der Waals surface area contributed by atoms with Crippen LogP contribution in [0.25, 0.3) is 0 Å². The third kappa shape index (κ3) is 4.86. The third-order valence-corrected chi connectivity index (χ3v) is 2.97. The van der Waals surface area contributed by atoms with Crippen molar-refractivity contribution in [3.8, 4) is 11.5 Å². The maximum atomic E-state index is 12.3. The number of carbonyl (C=O) groups excluding carboxylic acids is 1. The van der Waals surface area contributed by atoms with Gasteiger partial charge in [0.2, 0.25) is 0 Å². The van der Waals surface area contributed by atoms with Crippen molar-refractivity contribution in [2.24, 2.45) is 5.92 Å². The molecule has 0 saturated carbocycles. The van der Waals surface area contributed by atoms with Crippen LogP contribution in [0.15, 0.2) is 18.2 Å². The Morgan fingerprint density at radius 2 is 1.95 bits per heavy atom. The molecular weight excluding hydrogens is 286 g/mol. The number of benzene rings is 1. The molecule has 0 saturated heterocycles. The topological polar surface area (TPSA) is 65.0 Å². The van der Waals surface area contributed by atoms with Gasteiger partial charge in [0, 0.05) is 0 Å². The van der Waals surface area contributed by atoms with Gasteiger partial charge in [-0.25, -0.2) is 0 Å². The predicted octanol–water partition coefficient (Wildman–Crippen LogP) is 2.53. The summed E-state index contributed by atoms with van der Waals surface area (Å²) >= 11 is 0. The molecule has 0 aliphatic carbocycles. The molecule has 5 nitrogen and oxygen atoms in total. The predicted molar refractivity (Wildman–Crippen MR) is 70.4 cm³/mol. The Bertz CT molecular complexity index is 478. The summed E-state index contributed by atoms with van der Waals surface area (Å²) in [5.41, 5.74) is 0.349. The van der Waals surface area contributed by atoms with E-state index in [2.05, 4.69) is 9.47 Å². The lowest BCUT2D eigenvalue weighted by atomic mass is 9.98. The van der Waals surface area contributed by atoms with E-state index < -0.39 is 24.6 Å². The average molecular weight is 304 g/mol. The van der Waals surface area contributed by atoms with Crippen molar-refractivity contribution >= 4 is 5.97 Å². The van der Waals surface area contributed by atoms with Gasteiger partial charge in [-0.1, -0.05) is 13.0 Å². The molecular formula is C14H18F2O5. The lowest BCUT2D eigenvalue weighted by Crippen LogP contribution is -2.16. The lowest BCUT2D eigenvalue weighted by molar-refractivity contribution is -0.145. The summed E-state index contributed by atoms with van der Waals surface area (Å²) < 4.78 is 38.5. The van der Waals surface area contributed by atoms with Crippen molar-refractivity contribution in [2.75, 3.05) is 14.2 Å². The fourth-order valence-corrected chi connectivity index (χ4v) is 1.86. The summed E-state index contributed by atoms with van der Waals surface area (Å²) in [6.45, 7) is -1.39. The number of alkyl halides is 2. The second-order valence-electron chi connectivity index (χ2n) is 4.46. The molecule has 21 heavy (non-hydrogen) atoms. The van der Waals surface area contributed by atoms with Gasteiger partial charge in [0.15, 0.2) is 11.5 Å². The van der Waals surface area contributed by atoms with Crippen LogP contribution in [0.3, 0.4) is 0 Å². The highest BCUT2D eigenvalue weighted by molar-refractivity contribution is 5.71. The molecule has 1 N–H and O–H groups in total. The molecule has 0 heterocycles. The van der Waals surface area contributed by atoms with Gasteiger partial charge >= 0.3 is 12.6 Å². The second-order valence-corrected chi connectivity index (χ2v) is 4.46. The quantitative estimate of drug-likeness (QED) is 0.784. The van der Waals surface area contributed by atoms with Gasteiger partial charge in [-0.05, 0) is 24.1 Å². The van der Waals surface area contributed by atoms with E-state index in [1.54, 1.807) is 6.92 Å². The Labute approximate surface area is 121 Å². The number of ether oxygens (including phenoxy) is 3. The molecule has 2 unspecified atom stereocenters. The minimum atomic E-state index is -3.00. The first-order valence-electron chi connectivity index (χ1n) is 6.27. The van der Waals surface area contributed by atoms with Crippen LogP contribution in [0.5, 0.6) is 11.5 Å². The van der Waals surface area contributed by atoms with Crippen molar-refractivity contribution in [2.45, 2.75) is 26.1 Å². The number of aliphatic hydroxyl groups is 1. The summed E-state index contributed by atoms with van der Waals surface area (Å²) in [5, 5.41) is 10.1. The van der Waals surface area contributed by atoms with Crippen molar-refractivity contribution in [1.29, 1.82) is 0 Å². The molecule has 0 aliphatic heterocycles. The van der Waals surface area contributed by atoms with Crippen LogP contribution in [0, 0.1) is 5.92 Å². The smallest absolute Gasteiger partial charge is 0.387 e. The minimum Gasteiger partial charge on any atom is -0.493 e. The maximum absolute atomic E-state index is 12.3. The lowest BCUT2D eigenvalue weighted by Gasteiger charge is -2.17. The summed E-state index contributed by atoms with van der Waals surface area (Å²) in [6, 6.07) is 4.20. The van der Waals surface area contributed by atoms with Crippen LogP contribution in [0.2, 0.25) is 0 Å². The molecule has 0 fully saturated rings. The molecule has 0 aromatic heterocycles. The molecule has 7 heteroatoms. The highest BCUT2D eigenvalue weighted by atomic mass is 19.3. The van der Waals surface area contributed by atoms with Crippen LogP contribution in [0.1, 0.15) is 25.0 Å². The average Bonchev–Trinajstić information content (AvgIpc) is 2.45. The van der Waals surface area contributed by atoms with Crippen molar-refractivity contribution < 1.29 is 32.9 Å². The fraction of sp³-hybridized carbons (Fsp3) is 0.500. The van der Waals surface area contributed by atoms with Crippen LogP contribution in [0.4, 0.5) is 8.78 Å². The Hall–Kier alpha value is -1.89. The number of esters is 1. The number of halogens is 2. The first kappa shape index (κ1) is 17.2. The molecule has 118 valence electrons. The van der Waals surface area contributed by atoms with Gasteiger partial charge in [-0.2, -0.15) is 8.78 Å². The zero-order chi connectivity index (χ0) is 16.0. The van der Waals surface area contributed by atoms with Crippen LogP contribution in [-0.2, 0) is 9.53 Å². The van der Waals surface area contributed by atoms with E-state index in [1.165, 1.54) is 32.4 Å². The summed E-state index contributed by atoms with van der Waals surface area (Å²) in [6.07, 6.45) is -0.905. The number of aliphatic hydroxyl groups excluding tert-OH is 1. The zero-order valence-corrected chi connectivity index (χ0v) is 12.0. The third-order valence-electron chi connectivity index (χ3n) is 2.97. The van der Waals surface area contributed by atoms with Crippen LogP contribution < -0.4 is 9.47 Å². The molecule has 1 rings (SSSR count). The number of methoxy groups -OCH3 is 2. The van der Waals surface area contributed by atoms with Crippen LogP contribution in [-0.4, -0.2) is 31.9 Å². The first-order chi connectivity index (χ1) is 9.88. The van der Waals surface area contributed by atoms with Gasteiger partial charge in [0.05, 0.1) is 26.2 Å². The van der Waals surface area contributed by atoms with Crippen LogP contribution >= 0.6 is 0 Å². The van der Waals surface area contributed by atoms with Crippen molar-refractivity contribution in [3.05, 3.63) is 23.8 Å². The Morgan fingerprint density at radius 1 is 1.29 bits per heavy atom. The highest BCUT2D eigenvalue weighted by Gasteiger charge is 2.21. The maximum Gasteiger partial charge on any atom is 0.387 e. The number of hydrogen-bond acceptors (Lipinski definition) is 5. The van der Waals surface area contributed by atoms with Crippen molar-refractivity contribution in [3.63, 3.8) is 0 Å². The van der Waals surface area contributed by atoms with E-state index in [4.69, 9.17) is 4.74 Å². The van der Waals surface area contributed by atoms with Gasteiger partial charge in [0.25, 0.3) is 0 Å². The fourth-order valence-electron chi connectivity index (χ4n) is 1.86. The summed E-state index contributed by atoms with van der Waals surface area (Å²) in [5.74, 6) is -1.01. The van der Waals surface area contributed by atoms with E-state index in [1.807, 2.05) is 0 Å². The Morgan fingerprint density at radius 3 is 2.48 bits per heavy atom. The van der Waals surface area contributed by atoms with Gasteiger partial charge in [0.1, 0.15) is 0 Å². The number of rotatable bonds is 7. The molecule has 0 amide bonds. The van der Waals surface area contributed by atoms with E-state index in [0.29, 0.717) is 5.56 Å². The molecule has 0 radical (unpaired) electrons. The second kappa shape index (κ2) is 7.78. The standard InChI is InChI=1S/C14H18F2O5/c1-8(13(18)20-3)6-10(17)9-4-5-11(19-2)12(7-9)21-14(15)16/h4-5,7-8,10,14,17H,6H2,1-3H3. The number of hydrogen-bond donors (Lipinski definition) is 1. The molecule has 0 bridgehead atoms. The largest absolute Gasteiger partial charge is 0.493 e. The Kier molecular flexibility index (Phi) is 6.36. The summed E-state index contributed by atoms with van der Waals surface area (Å²) in [7, 11) is 2.58. The van der Waals surface area contributed by atoms with Gasteiger partial charge < -0.3 is 19.3 Å². The minimum absolute atomic E-state index is 0.104. The van der Waals surface area contributed by atoms with E-state index in [-0.39, 0.29) is 17.9 Å². The molecule has 0 spiro atoms. The number of carbonyl (C=O) groups is 1. The molecule has 2 atom stereocenters. The molecule has 0 aliphatic rings. The normalized spacial score (nSPS) is 13.7. The highest BCUT2D eigenvalue weighted by Crippen LogP contribution is 2.33. The first-order valence-corrected chi connectivity index (χ1v) is 6.27. The SMILES string of the molecule is COC(=O)C(C)CC(O)c1ccc(OC)c(OC(F)F)c1. The van der Waals surface area contributed by atoms with Crippen molar-refractivity contribution in [1.82, 2.24) is 0 Å². The van der Waals surface area contributed by atoms with Gasteiger partial charge in [-0.3, -0.25) is 4.79 Å². The molecule has 1 aromatic rings.